The fourth-order valence-corrected chi connectivity index (χ4v) is 4.28. The lowest BCUT2D eigenvalue weighted by Crippen LogP contribution is -2.05. The Balaban J connectivity index is 1.54. The monoisotopic (exact) mass is 378 g/mol. The van der Waals surface area contributed by atoms with Gasteiger partial charge in [-0.25, -0.2) is 0 Å². The van der Waals surface area contributed by atoms with Gasteiger partial charge in [-0.2, -0.15) is 0 Å². The SMILES string of the molecule is CCCCCCCCC1CC=C(c2ccc3cc(OC(C)=O)ccc3c2)CC1. The van der Waals surface area contributed by atoms with E-state index < -0.39 is 0 Å². The van der Waals surface area contributed by atoms with Crippen LogP contribution in [-0.2, 0) is 4.79 Å². The lowest BCUT2D eigenvalue weighted by atomic mass is 9.83. The lowest BCUT2D eigenvalue weighted by Gasteiger charge is -2.22. The first-order chi connectivity index (χ1) is 13.7. The molecule has 1 aliphatic carbocycles. The summed E-state index contributed by atoms with van der Waals surface area (Å²) in [6.45, 7) is 3.71. The number of rotatable bonds is 9. The Morgan fingerprint density at radius 2 is 1.75 bits per heavy atom. The lowest BCUT2D eigenvalue weighted by molar-refractivity contribution is -0.131. The number of esters is 1. The highest BCUT2D eigenvalue weighted by Gasteiger charge is 2.15. The second-order valence-electron chi connectivity index (χ2n) is 8.24. The molecule has 0 amide bonds. The van der Waals surface area contributed by atoms with E-state index in [0.717, 1.165) is 11.3 Å². The van der Waals surface area contributed by atoms with E-state index in [-0.39, 0.29) is 5.97 Å². The number of carbonyl (C=O) groups excluding carboxylic acids is 1. The molecule has 0 radical (unpaired) electrons. The van der Waals surface area contributed by atoms with Gasteiger partial charge in [0.2, 0.25) is 0 Å². The zero-order chi connectivity index (χ0) is 19.8. The van der Waals surface area contributed by atoms with Crippen LogP contribution in [0.25, 0.3) is 16.3 Å². The molecule has 0 heterocycles. The number of carbonyl (C=O) groups is 1. The van der Waals surface area contributed by atoms with E-state index >= 15 is 0 Å². The van der Waals surface area contributed by atoms with Crippen molar-refractivity contribution in [3.05, 3.63) is 48.0 Å². The summed E-state index contributed by atoms with van der Waals surface area (Å²) in [5.74, 6) is 1.21. The third-order valence-corrected chi connectivity index (χ3v) is 5.93. The smallest absolute Gasteiger partial charge is 0.308 e. The maximum atomic E-state index is 11.1. The fourth-order valence-electron chi connectivity index (χ4n) is 4.28. The van der Waals surface area contributed by atoms with Crippen LogP contribution in [0.5, 0.6) is 5.75 Å². The van der Waals surface area contributed by atoms with Gasteiger partial charge in [0, 0.05) is 6.92 Å². The van der Waals surface area contributed by atoms with Crippen molar-refractivity contribution in [2.24, 2.45) is 5.92 Å². The van der Waals surface area contributed by atoms with Crippen molar-refractivity contribution in [1.29, 1.82) is 0 Å². The van der Waals surface area contributed by atoms with Gasteiger partial charge in [0.15, 0.2) is 0 Å². The zero-order valence-electron chi connectivity index (χ0n) is 17.5. The van der Waals surface area contributed by atoms with Crippen LogP contribution in [0.1, 0.15) is 83.6 Å². The van der Waals surface area contributed by atoms with Gasteiger partial charge in [0.25, 0.3) is 0 Å². The standard InChI is InChI=1S/C26H34O2/c1-3-4-5-6-7-8-9-21-10-12-22(13-11-21)23-14-15-25-19-26(28-20(2)27)17-16-24(25)18-23/h12,14-19,21H,3-11,13H2,1-2H3. The summed E-state index contributed by atoms with van der Waals surface area (Å²) in [6.07, 6.45) is 16.0. The number of unbranched alkanes of at least 4 members (excludes halogenated alkanes) is 5. The molecule has 2 aromatic rings. The molecule has 0 aromatic heterocycles. The van der Waals surface area contributed by atoms with Crippen LogP contribution >= 0.6 is 0 Å². The molecular formula is C26H34O2. The Morgan fingerprint density at radius 3 is 2.50 bits per heavy atom. The highest BCUT2D eigenvalue weighted by Crippen LogP contribution is 2.34. The normalized spacial score (nSPS) is 16.8. The molecule has 2 heteroatoms. The summed E-state index contributed by atoms with van der Waals surface area (Å²) in [4.78, 5) is 11.1. The molecule has 1 unspecified atom stereocenters. The van der Waals surface area contributed by atoms with Gasteiger partial charge < -0.3 is 4.74 Å². The molecule has 2 nitrogen and oxygen atoms in total. The van der Waals surface area contributed by atoms with Crippen LogP contribution in [0.4, 0.5) is 0 Å². The second-order valence-corrected chi connectivity index (χ2v) is 8.24. The molecule has 3 rings (SSSR count). The summed E-state index contributed by atoms with van der Waals surface area (Å²) in [5, 5.41) is 2.31. The Labute approximate surface area is 170 Å². The van der Waals surface area contributed by atoms with Crippen molar-refractivity contribution in [2.45, 2.75) is 78.1 Å². The van der Waals surface area contributed by atoms with Crippen molar-refractivity contribution in [1.82, 2.24) is 0 Å². The molecule has 0 aliphatic heterocycles. The molecule has 28 heavy (non-hydrogen) atoms. The van der Waals surface area contributed by atoms with Gasteiger partial charge in [-0.05, 0) is 65.3 Å². The van der Waals surface area contributed by atoms with Crippen molar-refractivity contribution < 1.29 is 9.53 Å². The van der Waals surface area contributed by atoms with E-state index in [4.69, 9.17) is 4.74 Å². The quantitative estimate of drug-likeness (QED) is 0.254. The zero-order valence-corrected chi connectivity index (χ0v) is 17.5. The third kappa shape index (κ3) is 5.95. The molecule has 0 fully saturated rings. The minimum Gasteiger partial charge on any atom is -0.427 e. The van der Waals surface area contributed by atoms with E-state index in [0.29, 0.717) is 5.75 Å². The van der Waals surface area contributed by atoms with Gasteiger partial charge in [-0.3, -0.25) is 4.79 Å². The predicted octanol–water partition coefficient (Wildman–Crippen LogP) is 7.70. The maximum absolute atomic E-state index is 11.1. The van der Waals surface area contributed by atoms with Crippen molar-refractivity contribution in [3.63, 3.8) is 0 Å². The Kier molecular flexibility index (Phi) is 7.71. The summed E-state index contributed by atoms with van der Waals surface area (Å²) < 4.78 is 5.19. The Morgan fingerprint density at radius 1 is 1.00 bits per heavy atom. The van der Waals surface area contributed by atoms with Crippen LogP contribution in [0, 0.1) is 5.92 Å². The van der Waals surface area contributed by atoms with E-state index in [9.17, 15) is 4.79 Å². The molecule has 0 N–H and O–H groups in total. The predicted molar refractivity (Wildman–Crippen MR) is 119 cm³/mol. The van der Waals surface area contributed by atoms with Crippen molar-refractivity contribution in [3.8, 4) is 5.75 Å². The van der Waals surface area contributed by atoms with Gasteiger partial charge in [-0.15, -0.1) is 0 Å². The number of allylic oxidation sites excluding steroid dienone is 2. The number of benzene rings is 2. The molecule has 150 valence electrons. The van der Waals surface area contributed by atoms with Crippen LogP contribution in [0.15, 0.2) is 42.5 Å². The molecule has 2 aromatic carbocycles. The molecule has 0 bridgehead atoms. The molecule has 1 aliphatic rings. The third-order valence-electron chi connectivity index (χ3n) is 5.93. The summed E-state index contributed by atoms with van der Waals surface area (Å²) in [7, 11) is 0. The summed E-state index contributed by atoms with van der Waals surface area (Å²) in [6, 6.07) is 12.5. The van der Waals surface area contributed by atoms with E-state index in [1.54, 1.807) is 0 Å². The topological polar surface area (TPSA) is 26.3 Å². The number of hydrogen-bond donors (Lipinski definition) is 0. The summed E-state index contributed by atoms with van der Waals surface area (Å²) >= 11 is 0. The molecular weight excluding hydrogens is 344 g/mol. The minimum atomic E-state index is -0.279. The highest BCUT2D eigenvalue weighted by molar-refractivity contribution is 5.88. The van der Waals surface area contributed by atoms with Crippen molar-refractivity contribution >= 4 is 22.3 Å². The van der Waals surface area contributed by atoms with E-state index in [2.05, 4.69) is 31.2 Å². The van der Waals surface area contributed by atoms with Crippen LogP contribution in [0.2, 0.25) is 0 Å². The maximum Gasteiger partial charge on any atom is 0.308 e. The largest absolute Gasteiger partial charge is 0.427 e. The molecule has 0 saturated heterocycles. The minimum absolute atomic E-state index is 0.279. The number of fused-ring (bicyclic) bond motifs is 1. The van der Waals surface area contributed by atoms with Gasteiger partial charge in [0.05, 0.1) is 0 Å². The van der Waals surface area contributed by atoms with Gasteiger partial charge >= 0.3 is 5.97 Å². The first-order valence-corrected chi connectivity index (χ1v) is 11.1. The van der Waals surface area contributed by atoms with Gasteiger partial charge in [-0.1, -0.05) is 76.1 Å². The van der Waals surface area contributed by atoms with Crippen molar-refractivity contribution in [2.75, 3.05) is 0 Å². The molecule has 1 atom stereocenters. The molecule has 0 spiro atoms. The van der Waals surface area contributed by atoms with Crippen LogP contribution < -0.4 is 4.74 Å². The van der Waals surface area contributed by atoms with E-state index in [1.165, 1.54) is 87.7 Å². The average Bonchev–Trinajstić information content (AvgIpc) is 2.70. The Hall–Kier alpha value is -2.09. The van der Waals surface area contributed by atoms with Crippen LogP contribution in [-0.4, -0.2) is 5.97 Å². The number of hydrogen-bond acceptors (Lipinski definition) is 2. The highest BCUT2D eigenvalue weighted by atomic mass is 16.5. The fraction of sp³-hybridized carbons (Fsp3) is 0.500. The second kappa shape index (κ2) is 10.5. The van der Waals surface area contributed by atoms with E-state index in [1.807, 2.05) is 18.2 Å². The van der Waals surface area contributed by atoms with Gasteiger partial charge in [0.1, 0.15) is 5.75 Å². The van der Waals surface area contributed by atoms with Crippen LogP contribution in [0.3, 0.4) is 0 Å². The average molecular weight is 379 g/mol. The summed E-state index contributed by atoms with van der Waals surface area (Å²) in [5.41, 5.74) is 2.83. The molecule has 0 saturated carbocycles. The first-order valence-electron chi connectivity index (χ1n) is 11.1. The first kappa shape index (κ1) is 20.6. The number of ether oxygens (including phenoxy) is 1. The Bertz CT molecular complexity index is 818.